The van der Waals surface area contributed by atoms with Crippen LogP contribution in [0.15, 0.2) is 35.3 Å². The van der Waals surface area contributed by atoms with E-state index >= 15 is 0 Å². The molecule has 5 nitrogen and oxygen atoms in total. The summed E-state index contributed by atoms with van der Waals surface area (Å²) in [6, 6.07) is 10.2. The molecule has 2 aromatic rings. The Hall–Kier alpha value is -1.63. The SMILES string of the molecule is CN=C(NCCOCCC(C)C)NCC(O)c1cc2ccccc2s1. The van der Waals surface area contributed by atoms with Crippen LogP contribution in [0.1, 0.15) is 31.2 Å². The number of nitrogens with zero attached hydrogens (tertiary/aromatic N) is 1. The Morgan fingerprint density at radius 2 is 2.04 bits per heavy atom. The van der Waals surface area contributed by atoms with E-state index in [2.05, 4.69) is 41.6 Å². The summed E-state index contributed by atoms with van der Waals surface area (Å²) in [4.78, 5) is 5.13. The molecule has 0 aliphatic rings. The summed E-state index contributed by atoms with van der Waals surface area (Å²) in [7, 11) is 1.72. The Balaban J connectivity index is 1.71. The fraction of sp³-hybridized carbons (Fsp3) is 0.526. The van der Waals surface area contributed by atoms with E-state index in [-0.39, 0.29) is 0 Å². The fourth-order valence-corrected chi connectivity index (χ4v) is 3.39. The van der Waals surface area contributed by atoms with Crippen LogP contribution < -0.4 is 10.6 Å². The number of aliphatic hydroxyl groups is 1. The van der Waals surface area contributed by atoms with Crippen molar-refractivity contribution in [1.82, 2.24) is 10.6 Å². The average Bonchev–Trinajstić information content (AvgIpc) is 3.04. The van der Waals surface area contributed by atoms with E-state index in [4.69, 9.17) is 4.74 Å². The zero-order chi connectivity index (χ0) is 18.1. The van der Waals surface area contributed by atoms with Gasteiger partial charge in [0, 0.05) is 36.3 Å². The van der Waals surface area contributed by atoms with Gasteiger partial charge in [-0.05, 0) is 29.9 Å². The zero-order valence-corrected chi connectivity index (χ0v) is 16.1. The van der Waals surface area contributed by atoms with Crippen molar-refractivity contribution in [3.05, 3.63) is 35.2 Å². The number of hydrogen-bond acceptors (Lipinski definition) is 4. The summed E-state index contributed by atoms with van der Waals surface area (Å²) in [5.41, 5.74) is 0. The second-order valence-electron chi connectivity index (χ2n) is 6.38. The minimum absolute atomic E-state index is 0.417. The first kappa shape index (κ1) is 19.7. The standard InChI is InChI=1S/C19H29N3O2S/c1-14(2)8-10-24-11-9-21-19(20-3)22-13-16(23)18-12-15-6-4-5-7-17(15)25-18/h4-7,12,14,16,23H,8-11,13H2,1-3H3,(H2,20,21,22). The maximum absolute atomic E-state index is 10.4. The van der Waals surface area contributed by atoms with Crippen LogP contribution in [0, 0.1) is 5.92 Å². The molecule has 0 spiro atoms. The van der Waals surface area contributed by atoms with Crippen LogP contribution >= 0.6 is 11.3 Å². The van der Waals surface area contributed by atoms with Gasteiger partial charge in [-0.15, -0.1) is 11.3 Å². The normalized spacial score (nSPS) is 13.4. The summed E-state index contributed by atoms with van der Waals surface area (Å²) in [5.74, 6) is 1.34. The third-order valence-electron chi connectivity index (χ3n) is 3.84. The number of thiophene rings is 1. The van der Waals surface area contributed by atoms with Crippen LogP contribution in [0.4, 0.5) is 0 Å². The summed E-state index contributed by atoms with van der Waals surface area (Å²) in [6.45, 7) is 6.92. The lowest BCUT2D eigenvalue weighted by Gasteiger charge is -2.14. The van der Waals surface area contributed by atoms with E-state index in [9.17, 15) is 5.11 Å². The smallest absolute Gasteiger partial charge is 0.191 e. The highest BCUT2D eigenvalue weighted by Crippen LogP contribution is 2.29. The minimum atomic E-state index is -0.557. The molecule has 1 aromatic carbocycles. The van der Waals surface area contributed by atoms with Crippen molar-refractivity contribution in [2.75, 3.05) is 33.4 Å². The number of benzene rings is 1. The van der Waals surface area contributed by atoms with Crippen LogP contribution in [0.25, 0.3) is 10.1 Å². The summed E-state index contributed by atoms with van der Waals surface area (Å²) >= 11 is 1.62. The van der Waals surface area contributed by atoms with Crippen LogP contribution in [0.5, 0.6) is 0 Å². The quantitative estimate of drug-likeness (QED) is 0.364. The van der Waals surface area contributed by atoms with Crippen molar-refractivity contribution >= 4 is 27.4 Å². The van der Waals surface area contributed by atoms with Gasteiger partial charge in [0.2, 0.25) is 0 Å². The molecule has 2 rings (SSSR count). The molecule has 0 saturated carbocycles. The molecule has 0 aliphatic heterocycles. The molecule has 1 unspecified atom stereocenters. The molecule has 0 fully saturated rings. The van der Waals surface area contributed by atoms with Crippen LogP contribution in [0.2, 0.25) is 0 Å². The molecular weight excluding hydrogens is 334 g/mol. The summed E-state index contributed by atoms with van der Waals surface area (Å²) in [6.07, 6.45) is 0.521. The van der Waals surface area contributed by atoms with Gasteiger partial charge in [0.1, 0.15) is 6.10 Å². The first-order valence-electron chi connectivity index (χ1n) is 8.79. The van der Waals surface area contributed by atoms with E-state index in [1.807, 2.05) is 18.2 Å². The number of rotatable bonds is 9. The first-order chi connectivity index (χ1) is 12.1. The maximum Gasteiger partial charge on any atom is 0.191 e. The second-order valence-corrected chi connectivity index (χ2v) is 7.49. The lowest BCUT2D eigenvalue weighted by molar-refractivity contribution is 0.128. The first-order valence-corrected chi connectivity index (χ1v) is 9.60. The molecule has 0 amide bonds. The number of aliphatic imine (C=N–C) groups is 1. The number of nitrogens with one attached hydrogen (secondary N) is 2. The predicted octanol–water partition coefficient (Wildman–Crippen LogP) is 3.16. The number of aliphatic hydroxyl groups excluding tert-OH is 1. The molecule has 1 aromatic heterocycles. The van der Waals surface area contributed by atoms with Gasteiger partial charge >= 0.3 is 0 Å². The third-order valence-corrected chi connectivity index (χ3v) is 5.06. The number of guanidine groups is 1. The van der Waals surface area contributed by atoms with E-state index in [0.717, 1.165) is 17.9 Å². The average molecular weight is 364 g/mol. The molecular formula is C19H29N3O2S. The van der Waals surface area contributed by atoms with Gasteiger partial charge in [-0.25, -0.2) is 0 Å². The van der Waals surface area contributed by atoms with Crippen molar-refractivity contribution in [2.45, 2.75) is 26.4 Å². The second kappa shape index (κ2) is 10.4. The van der Waals surface area contributed by atoms with Crippen molar-refractivity contribution in [3.63, 3.8) is 0 Å². The monoisotopic (exact) mass is 363 g/mol. The molecule has 0 saturated heterocycles. The predicted molar refractivity (Wildman–Crippen MR) is 106 cm³/mol. The molecule has 0 bridgehead atoms. The van der Waals surface area contributed by atoms with E-state index < -0.39 is 6.10 Å². The van der Waals surface area contributed by atoms with Crippen molar-refractivity contribution < 1.29 is 9.84 Å². The number of fused-ring (bicyclic) bond motifs is 1. The zero-order valence-electron chi connectivity index (χ0n) is 15.3. The minimum Gasteiger partial charge on any atom is -0.386 e. The van der Waals surface area contributed by atoms with Crippen LogP contribution in [-0.4, -0.2) is 44.4 Å². The maximum atomic E-state index is 10.4. The van der Waals surface area contributed by atoms with Crippen molar-refractivity contribution in [1.29, 1.82) is 0 Å². The molecule has 6 heteroatoms. The Morgan fingerprint density at radius 1 is 1.24 bits per heavy atom. The fourth-order valence-electron chi connectivity index (χ4n) is 2.34. The summed E-state index contributed by atoms with van der Waals surface area (Å²) in [5, 5.41) is 17.9. The molecule has 3 N–H and O–H groups in total. The van der Waals surface area contributed by atoms with E-state index in [1.165, 1.54) is 10.1 Å². The third kappa shape index (κ3) is 6.65. The van der Waals surface area contributed by atoms with Crippen LogP contribution in [0.3, 0.4) is 0 Å². The van der Waals surface area contributed by atoms with E-state index in [0.29, 0.717) is 31.6 Å². The topological polar surface area (TPSA) is 65.9 Å². The summed E-state index contributed by atoms with van der Waals surface area (Å²) < 4.78 is 6.77. The van der Waals surface area contributed by atoms with Gasteiger partial charge in [-0.1, -0.05) is 32.0 Å². The molecule has 138 valence electrons. The highest BCUT2D eigenvalue weighted by atomic mass is 32.1. The lowest BCUT2D eigenvalue weighted by atomic mass is 10.1. The lowest BCUT2D eigenvalue weighted by Crippen LogP contribution is -2.40. The molecule has 25 heavy (non-hydrogen) atoms. The van der Waals surface area contributed by atoms with Gasteiger partial charge in [0.05, 0.1) is 6.61 Å². The Labute approximate surface area is 154 Å². The van der Waals surface area contributed by atoms with Gasteiger partial charge in [0.15, 0.2) is 5.96 Å². The van der Waals surface area contributed by atoms with Crippen molar-refractivity contribution in [3.8, 4) is 0 Å². The number of ether oxygens (including phenoxy) is 1. The van der Waals surface area contributed by atoms with Crippen molar-refractivity contribution in [2.24, 2.45) is 10.9 Å². The molecule has 0 radical (unpaired) electrons. The Kier molecular flexibility index (Phi) is 8.18. The van der Waals surface area contributed by atoms with Gasteiger partial charge in [0.25, 0.3) is 0 Å². The largest absolute Gasteiger partial charge is 0.386 e. The van der Waals surface area contributed by atoms with Crippen LogP contribution in [-0.2, 0) is 4.74 Å². The van der Waals surface area contributed by atoms with E-state index in [1.54, 1.807) is 18.4 Å². The Morgan fingerprint density at radius 3 is 2.76 bits per heavy atom. The highest BCUT2D eigenvalue weighted by molar-refractivity contribution is 7.19. The molecule has 0 aliphatic carbocycles. The van der Waals surface area contributed by atoms with Gasteiger partial charge < -0.3 is 20.5 Å². The highest BCUT2D eigenvalue weighted by Gasteiger charge is 2.12. The Bertz CT molecular complexity index is 636. The van der Waals surface area contributed by atoms with Gasteiger partial charge in [-0.3, -0.25) is 4.99 Å². The van der Waals surface area contributed by atoms with Gasteiger partial charge in [-0.2, -0.15) is 0 Å². The molecule has 1 heterocycles. The molecule has 1 atom stereocenters. The number of hydrogen-bond donors (Lipinski definition) is 3.